The molecule has 0 spiro atoms. The summed E-state index contributed by atoms with van der Waals surface area (Å²) >= 11 is 0. The normalized spacial score (nSPS) is 10.1. The van der Waals surface area contributed by atoms with Gasteiger partial charge in [-0.1, -0.05) is 32.3 Å². The van der Waals surface area contributed by atoms with Crippen molar-refractivity contribution in [2.24, 2.45) is 0 Å². The Morgan fingerprint density at radius 3 is 2.81 bits per heavy atom. The van der Waals surface area contributed by atoms with E-state index in [0.717, 1.165) is 12.8 Å². The minimum atomic E-state index is -0.527. The maximum Gasteiger partial charge on any atom is 0.156 e. The number of aldehydes is 1. The van der Waals surface area contributed by atoms with Crippen LogP contribution in [0.2, 0.25) is 0 Å². The van der Waals surface area contributed by atoms with Crippen LogP contribution in [0.1, 0.15) is 43.0 Å². The summed E-state index contributed by atoms with van der Waals surface area (Å²) in [7, 11) is 0. The molecule has 0 fully saturated rings. The van der Waals surface area contributed by atoms with Crippen LogP contribution in [0.15, 0.2) is 18.2 Å². The minimum Gasteiger partial charge on any atom is -0.493 e. The van der Waals surface area contributed by atoms with Gasteiger partial charge in [0.2, 0.25) is 0 Å². The Labute approximate surface area is 95.4 Å². The fraction of sp³-hybridized carbons (Fsp3) is 0.462. The summed E-state index contributed by atoms with van der Waals surface area (Å²) in [4.78, 5) is 10.7. The molecular formula is C13H17FO2. The third-order valence-corrected chi connectivity index (χ3v) is 2.39. The Kier molecular flexibility index (Phi) is 5.54. The Hall–Kier alpha value is -1.38. The van der Waals surface area contributed by atoms with E-state index in [1.54, 1.807) is 12.1 Å². The van der Waals surface area contributed by atoms with Gasteiger partial charge in [-0.25, -0.2) is 4.39 Å². The molecule has 0 aliphatic heterocycles. The van der Waals surface area contributed by atoms with Crippen LogP contribution < -0.4 is 4.74 Å². The summed E-state index contributed by atoms with van der Waals surface area (Å²) in [6.07, 6.45) is 4.87. The van der Waals surface area contributed by atoms with Crippen LogP contribution in [-0.2, 0) is 0 Å². The lowest BCUT2D eigenvalue weighted by Crippen LogP contribution is -2.01. The zero-order valence-electron chi connectivity index (χ0n) is 9.54. The standard InChI is InChI=1S/C13H17FO2/c1-2-3-4-5-9-16-13-8-6-7-12(14)11(13)10-15/h6-8,10H,2-5,9H2,1H3. The summed E-state index contributed by atoms with van der Waals surface area (Å²) < 4.78 is 18.6. The van der Waals surface area contributed by atoms with Crippen LogP contribution >= 0.6 is 0 Å². The van der Waals surface area contributed by atoms with E-state index in [-0.39, 0.29) is 5.56 Å². The van der Waals surface area contributed by atoms with Gasteiger partial charge in [0.05, 0.1) is 12.2 Å². The second-order valence-corrected chi connectivity index (χ2v) is 3.68. The summed E-state index contributed by atoms with van der Waals surface area (Å²) in [5.41, 5.74) is 0.0120. The maximum absolute atomic E-state index is 13.2. The second kappa shape index (κ2) is 6.99. The van der Waals surface area contributed by atoms with Gasteiger partial charge in [-0.05, 0) is 18.6 Å². The van der Waals surface area contributed by atoms with E-state index < -0.39 is 5.82 Å². The number of ether oxygens (including phenoxy) is 1. The van der Waals surface area contributed by atoms with Crippen molar-refractivity contribution in [3.05, 3.63) is 29.6 Å². The molecule has 0 saturated heterocycles. The van der Waals surface area contributed by atoms with E-state index >= 15 is 0 Å². The van der Waals surface area contributed by atoms with Crippen LogP contribution in [0.5, 0.6) is 5.75 Å². The Balaban J connectivity index is 2.47. The number of halogens is 1. The van der Waals surface area contributed by atoms with Crippen molar-refractivity contribution in [1.29, 1.82) is 0 Å². The first-order valence-electron chi connectivity index (χ1n) is 5.66. The predicted molar refractivity (Wildman–Crippen MR) is 61.4 cm³/mol. The van der Waals surface area contributed by atoms with Gasteiger partial charge in [-0.2, -0.15) is 0 Å². The highest BCUT2D eigenvalue weighted by Crippen LogP contribution is 2.19. The molecule has 0 unspecified atom stereocenters. The second-order valence-electron chi connectivity index (χ2n) is 3.68. The van der Waals surface area contributed by atoms with E-state index in [0.29, 0.717) is 18.6 Å². The topological polar surface area (TPSA) is 26.3 Å². The van der Waals surface area contributed by atoms with Gasteiger partial charge in [0, 0.05) is 0 Å². The molecule has 1 aromatic carbocycles. The van der Waals surface area contributed by atoms with E-state index in [1.807, 2.05) is 0 Å². The van der Waals surface area contributed by atoms with Crippen LogP contribution in [0.25, 0.3) is 0 Å². The number of hydrogen-bond donors (Lipinski definition) is 0. The molecule has 0 radical (unpaired) electrons. The molecule has 0 aliphatic carbocycles. The number of unbranched alkanes of at least 4 members (excludes halogenated alkanes) is 3. The van der Waals surface area contributed by atoms with Gasteiger partial charge in [0.1, 0.15) is 11.6 Å². The summed E-state index contributed by atoms with van der Waals surface area (Å²) in [6.45, 7) is 2.67. The highest BCUT2D eigenvalue weighted by molar-refractivity contribution is 5.79. The number of carbonyl (C=O) groups is 1. The van der Waals surface area contributed by atoms with Crippen molar-refractivity contribution in [2.75, 3.05) is 6.61 Å². The first kappa shape index (κ1) is 12.7. The number of benzene rings is 1. The van der Waals surface area contributed by atoms with Crippen LogP contribution in [0, 0.1) is 5.82 Å². The quantitative estimate of drug-likeness (QED) is 0.522. The number of carbonyl (C=O) groups excluding carboxylic acids is 1. The SMILES string of the molecule is CCCCCCOc1cccc(F)c1C=O. The van der Waals surface area contributed by atoms with Gasteiger partial charge in [0.25, 0.3) is 0 Å². The van der Waals surface area contributed by atoms with Gasteiger partial charge < -0.3 is 4.74 Å². The summed E-state index contributed by atoms with van der Waals surface area (Å²) in [5.74, 6) is -0.187. The van der Waals surface area contributed by atoms with Crippen LogP contribution in [-0.4, -0.2) is 12.9 Å². The third kappa shape index (κ3) is 3.65. The van der Waals surface area contributed by atoms with Gasteiger partial charge in [-0.15, -0.1) is 0 Å². The molecule has 1 aromatic rings. The molecule has 0 N–H and O–H groups in total. The van der Waals surface area contributed by atoms with Crippen molar-refractivity contribution < 1.29 is 13.9 Å². The molecule has 0 amide bonds. The predicted octanol–water partition coefficient (Wildman–Crippen LogP) is 3.60. The molecule has 0 saturated carbocycles. The van der Waals surface area contributed by atoms with Crippen molar-refractivity contribution in [1.82, 2.24) is 0 Å². The summed E-state index contributed by atoms with van der Waals surface area (Å²) in [5, 5.41) is 0. The van der Waals surface area contributed by atoms with Gasteiger partial charge >= 0.3 is 0 Å². The van der Waals surface area contributed by atoms with Crippen LogP contribution in [0.3, 0.4) is 0 Å². The van der Waals surface area contributed by atoms with Gasteiger partial charge in [-0.3, -0.25) is 4.79 Å². The molecule has 0 bridgehead atoms. The lowest BCUT2D eigenvalue weighted by Gasteiger charge is -2.08. The average Bonchev–Trinajstić information content (AvgIpc) is 2.29. The zero-order valence-corrected chi connectivity index (χ0v) is 9.54. The maximum atomic E-state index is 13.2. The Bertz CT molecular complexity index is 337. The molecule has 0 atom stereocenters. The monoisotopic (exact) mass is 224 g/mol. The molecule has 0 heterocycles. The zero-order chi connectivity index (χ0) is 11.8. The number of rotatable bonds is 7. The molecule has 3 heteroatoms. The van der Waals surface area contributed by atoms with E-state index in [2.05, 4.69) is 6.92 Å². The molecule has 1 rings (SSSR count). The smallest absolute Gasteiger partial charge is 0.156 e. The highest BCUT2D eigenvalue weighted by Gasteiger charge is 2.07. The average molecular weight is 224 g/mol. The van der Waals surface area contributed by atoms with E-state index in [9.17, 15) is 9.18 Å². The largest absolute Gasteiger partial charge is 0.493 e. The summed E-state index contributed by atoms with van der Waals surface area (Å²) in [6, 6.07) is 4.42. The van der Waals surface area contributed by atoms with Crippen molar-refractivity contribution in [3.63, 3.8) is 0 Å². The fourth-order valence-corrected chi connectivity index (χ4v) is 1.47. The lowest BCUT2D eigenvalue weighted by molar-refractivity contribution is 0.111. The minimum absolute atomic E-state index is 0.0120. The molecular weight excluding hydrogens is 207 g/mol. The first-order valence-corrected chi connectivity index (χ1v) is 5.66. The Morgan fingerprint density at radius 1 is 1.31 bits per heavy atom. The first-order chi connectivity index (χ1) is 7.79. The van der Waals surface area contributed by atoms with E-state index in [4.69, 9.17) is 4.74 Å². The molecule has 0 aromatic heterocycles. The van der Waals surface area contributed by atoms with Crippen molar-refractivity contribution in [3.8, 4) is 5.75 Å². The fourth-order valence-electron chi connectivity index (χ4n) is 1.47. The molecule has 88 valence electrons. The molecule has 2 nitrogen and oxygen atoms in total. The van der Waals surface area contributed by atoms with Crippen molar-refractivity contribution >= 4 is 6.29 Å². The van der Waals surface area contributed by atoms with Gasteiger partial charge in [0.15, 0.2) is 6.29 Å². The van der Waals surface area contributed by atoms with E-state index in [1.165, 1.54) is 18.9 Å². The third-order valence-electron chi connectivity index (χ3n) is 2.39. The molecule has 16 heavy (non-hydrogen) atoms. The molecule has 0 aliphatic rings. The number of hydrogen-bond acceptors (Lipinski definition) is 2. The Morgan fingerprint density at radius 2 is 2.12 bits per heavy atom. The lowest BCUT2D eigenvalue weighted by atomic mass is 10.2. The highest BCUT2D eigenvalue weighted by atomic mass is 19.1. The van der Waals surface area contributed by atoms with Crippen LogP contribution in [0.4, 0.5) is 4.39 Å². The van der Waals surface area contributed by atoms with Crippen molar-refractivity contribution in [2.45, 2.75) is 32.6 Å².